The summed E-state index contributed by atoms with van der Waals surface area (Å²) in [6.45, 7) is 11.6. The van der Waals surface area contributed by atoms with Crippen LogP contribution in [0.25, 0.3) is 0 Å². The number of aliphatic hydroxyl groups is 2. The Hall–Kier alpha value is -1.43. The summed E-state index contributed by atoms with van der Waals surface area (Å²) >= 11 is 0. The third-order valence-corrected chi connectivity index (χ3v) is 12.6. The van der Waals surface area contributed by atoms with E-state index in [9.17, 15) is 15.0 Å². The van der Waals surface area contributed by atoms with Crippen LogP contribution in [0.1, 0.15) is 109 Å². The molecule has 4 saturated carbocycles. The molecule has 39 heavy (non-hydrogen) atoms. The van der Waals surface area contributed by atoms with Crippen molar-refractivity contribution >= 4 is 5.97 Å². The van der Waals surface area contributed by atoms with E-state index < -0.39 is 5.54 Å². The summed E-state index contributed by atoms with van der Waals surface area (Å²) in [6, 6.07) is 9.32. The van der Waals surface area contributed by atoms with Gasteiger partial charge in [-0.05, 0) is 123 Å². The van der Waals surface area contributed by atoms with Gasteiger partial charge < -0.3 is 20.7 Å². The number of aliphatic hydroxyl groups excluding tert-OH is 2. The van der Waals surface area contributed by atoms with Gasteiger partial charge in [0.25, 0.3) is 0 Å². The minimum atomic E-state index is -0.465. The summed E-state index contributed by atoms with van der Waals surface area (Å²) in [5.41, 5.74) is 7.42. The number of carbonyl (C=O) groups excluding carboxylic acids is 1. The van der Waals surface area contributed by atoms with E-state index in [1.54, 1.807) is 0 Å². The highest BCUT2D eigenvalue weighted by Crippen LogP contribution is 2.68. The Morgan fingerprint density at radius 3 is 2.38 bits per heavy atom. The van der Waals surface area contributed by atoms with Gasteiger partial charge in [-0.3, -0.25) is 0 Å². The van der Waals surface area contributed by atoms with Gasteiger partial charge in [-0.25, -0.2) is 4.79 Å². The molecule has 0 aliphatic heterocycles. The summed E-state index contributed by atoms with van der Waals surface area (Å²) in [6.07, 6.45) is 8.94. The Bertz CT molecular complexity index is 1010. The molecule has 0 amide bonds. The Morgan fingerprint density at radius 2 is 1.69 bits per heavy atom. The third kappa shape index (κ3) is 4.99. The molecular formula is C34H53NO4. The van der Waals surface area contributed by atoms with E-state index in [0.29, 0.717) is 48.0 Å². The van der Waals surface area contributed by atoms with Crippen molar-refractivity contribution in [3.05, 3.63) is 35.9 Å². The number of fused-ring (bicyclic) bond motifs is 5. The van der Waals surface area contributed by atoms with E-state index in [1.807, 2.05) is 30.3 Å². The van der Waals surface area contributed by atoms with E-state index >= 15 is 0 Å². The lowest BCUT2D eigenvalue weighted by Gasteiger charge is -2.66. The van der Waals surface area contributed by atoms with Gasteiger partial charge in [-0.1, -0.05) is 52.8 Å². The molecule has 11 atom stereocenters. The fourth-order valence-electron chi connectivity index (χ4n) is 10.2. The van der Waals surface area contributed by atoms with Gasteiger partial charge >= 0.3 is 5.97 Å². The van der Waals surface area contributed by atoms with Crippen LogP contribution >= 0.6 is 0 Å². The fourth-order valence-corrected chi connectivity index (χ4v) is 10.2. The van der Waals surface area contributed by atoms with Gasteiger partial charge in [0.15, 0.2) is 0 Å². The molecule has 0 spiro atoms. The van der Waals surface area contributed by atoms with Crippen molar-refractivity contribution in [1.82, 2.24) is 0 Å². The fraction of sp³-hybridized carbons (Fsp3) is 0.794. The highest BCUT2D eigenvalue weighted by atomic mass is 16.5. The second-order valence-electron chi connectivity index (χ2n) is 14.9. The Kier molecular flexibility index (Phi) is 8.02. The van der Waals surface area contributed by atoms with Crippen LogP contribution in [0.3, 0.4) is 0 Å². The van der Waals surface area contributed by atoms with Gasteiger partial charge in [0.1, 0.15) is 6.10 Å². The zero-order chi connectivity index (χ0) is 28.2. The van der Waals surface area contributed by atoms with Gasteiger partial charge in [0.2, 0.25) is 0 Å². The highest BCUT2D eigenvalue weighted by Gasteiger charge is 2.66. The van der Waals surface area contributed by atoms with Crippen molar-refractivity contribution in [3.63, 3.8) is 0 Å². The lowest BCUT2D eigenvalue weighted by Crippen LogP contribution is -2.70. The van der Waals surface area contributed by atoms with Gasteiger partial charge in [0.05, 0.1) is 17.8 Å². The van der Waals surface area contributed by atoms with E-state index in [-0.39, 0.29) is 41.0 Å². The lowest BCUT2D eigenvalue weighted by atomic mass is 9.41. The number of hydrogen-bond acceptors (Lipinski definition) is 5. The minimum absolute atomic E-state index is 0.00568. The molecule has 5 rings (SSSR count). The monoisotopic (exact) mass is 539 g/mol. The zero-order valence-corrected chi connectivity index (χ0v) is 24.9. The third-order valence-electron chi connectivity index (χ3n) is 12.6. The van der Waals surface area contributed by atoms with Crippen LogP contribution in [0.5, 0.6) is 0 Å². The molecule has 3 unspecified atom stereocenters. The van der Waals surface area contributed by atoms with Crippen molar-refractivity contribution in [2.45, 2.75) is 123 Å². The van der Waals surface area contributed by atoms with Crippen LogP contribution in [0.15, 0.2) is 30.3 Å². The van der Waals surface area contributed by atoms with Crippen LogP contribution in [0.4, 0.5) is 0 Å². The Labute approximate surface area is 236 Å². The maximum atomic E-state index is 12.8. The normalized spacial score (nSPS) is 43.2. The first-order valence-corrected chi connectivity index (χ1v) is 15.8. The maximum Gasteiger partial charge on any atom is 0.338 e. The van der Waals surface area contributed by atoms with Crippen LogP contribution in [0, 0.1) is 46.3 Å². The first kappa shape index (κ1) is 29.1. The molecule has 0 bridgehead atoms. The topological polar surface area (TPSA) is 92.8 Å². The molecule has 0 aromatic heterocycles. The number of hydrogen-bond donors (Lipinski definition) is 3. The van der Waals surface area contributed by atoms with Crippen molar-refractivity contribution in [3.8, 4) is 0 Å². The van der Waals surface area contributed by atoms with Crippen LogP contribution in [-0.2, 0) is 4.74 Å². The minimum Gasteiger partial charge on any atom is -0.459 e. The Balaban J connectivity index is 1.26. The molecule has 1 aromatic rings. The summed E-state index contributed by atoms with van der Waals surface area (Å²) in [5.74, 6) is 2.50. The molecule has 218 valence electrons. The van der Waals surface area contributed by atoms with Gasteiger partial charge in [-0.2, -0.15) is 0 Å². The number of carbonyl (C=O) groups is 1. The predicted molar refractivity (Wildman–Crippen MR) is 155 cm³/mol. The summed E-state index contributed by atoms with van der Waals surface area (Å²) in [5, 5.41) is 22.0. The molecule has 5 heteroatoms. The molecule has 4 fully saturated rings. The maximum absolute atomic E-state index is 12.8. The standard InChI is InChI=1S/C34H53NO4/c1-21(2)29(39-31(38)23-9-7-6-8-10-23)14-11-22(3)25-12-13-26-30-27(16-17-32(25,26)4)33(5)18-15-24(36)19-34(33,35)20-28(30)37/h6-10,21-22,24-30,36-37H,11-20,35H2,1-5H3/t22-,24+,25-,26?,27?,28-,29-,30?,32-,33-,34+/m1/s1. The van der Waals surface area contributed by atoms with Crippen LogP contribution in [0.2, 0.25) is 0 Å². The molecule has 0 heterocycles. The SMILES string of the molecule is CC(C)[C@@H](CC[C@@H](C)[C@H]1CCC2C3C(CC[C@@]21C)[C@@]1(C)CC[C@H](O)C[C@]1(N)C[C@H]3O)OC(=O)c1ccccc1. The van der Waals surface area contributed by atoms with Crippen LogP contribution in [-0.4, -0.2) is 40.0 Å². The number of esters is 1. The van der Waals surface area contributed by atoms with Gasteiger partial charge in [-0.15, -0.1) is 0 Å². The second-order valence-corrected chi connectivity index (χ2v) is 14.9. The smallest absolute Gasteiger partial charge is 0.338 e. The van der Waals surface area contributed by atoms with E-state index in [1.165, 1.54) is 19.3 Å². The summed E-state index contributed by atoms with van der Waals surface area (Å²) < 4.78 is 6.00. The van der Waals surface area contributed by atoms with Gasteiger partial charge in [0, 0.05) is 5.54 Å². The molecule has 0 radical (unpaired) electrons. The number of ether oxygens (including phenoxy) is 1. The number of nitrogens with two attached hydrogens (primary N) is 1. The van der Waals surface area contributed by atoms with Crippen molar-refractivity contribution in [2.24, 2.45) is 52.1 Å². The molecule has 4 aliphatic rings. The average molecular weight is 540 g/mol. The van der Waals surface area contributed by atoms with E-state index in [0.717, 1.165) is 32.1 Å². The van der Waals surface area contributed by atoms with Crippen molar-refractivity contribution in [1.29, 1.82) is 0 Å². The number of rotatable bonds is 7. The molecule has 4 N–H and O–H groups in total. The summed E-state index contributed by atoms with van der Waals surface area (Å²) in [7, 11) is 0. The Morgan fingerprint density at radius 1 is 0.974 bits per heavy atom. The largest absolute Gasteiger partial charge is 0.459 e. The first-order chi connectivity index (χ1) is 18.4. The molecule has 4 aliphatic carbocycles. The average Bonchev–Trinajstić information content (AvgIpc) is 3.24. The first-order valence-electron chi connectivity index (χ1n) is 15.8. The lowest BCUT2D eigenvalue weighted by molar-refractivity contribution is -0.183. The van der Waals surface area contributed by atoms with Crippen molar-refractivity contribution < 1.29 is 19.7 Å². The zero-order valence-electron chi connectivity index (χ0n) is 24.9. The molecule has 0 saturated heterocycles. The number of benzene rings is 1. The summed E-state index contributed by atoms with van der Waals surface area (Å²) in [4.78, 5) is 12.8. The molecular weight excluding hydrogens is 486 g/mol. The van der Waals surface area contributed by atoms with E-state index in [2.05, 4.69) is 34.6 Å². The van der Waals surface area contributed by atoms with Crippen LogP contribution < -0.4 is 5.73 Å². The predicted octanol–water partition coefficient (Wildman–Crippen LogP) is 6.36. The highest BCUT2D eigenvalue weighted by molar-refractivity contribution is 5.89. The molecule has 5 nitrogen and oxygen atoms in total. The van der Waals surface area contributed by atoms with E-state index in [4.69, 9.17) is 10.5 Å². The van der Waals surface area contributed by atoms with Crippen molar-refractivity contribution in [2.75, 3.05) is 0 Å². The second kappa shape index (κ2) is 10.8. The molecule has 1 aromatic carbocycles. The quantitative estimate of drug-likeness (QED) is 0.351.